The number of cyclic esters (lactones) is 1. The molecule has 0 radical (unpaired) electrons. The lowest BCUT2D eigenvalue weighted by atomic mass is 9.73. The zero-order valence-corrected chi connectivity index (χ0v) is 15.1. The van der Waals surface area contributed by atoms with Crippen LogP contribution in [0, 0.1) is 17.7 Å². The minimum atomic E-state index is -0.498. The highest BCUT2D eigenvalue weighted by Crippen LogP contribution is 2.41. The molecule has 0 aromatic heterocycles. The van der Waals surface area contributed by atoms with Gasteiger partial charge in [-0.1, -0.05) is 51.7 Å². The van der Waals surface area contributed by atoms with Crippen molar-refractivity contribution in [2.24, 2.45) is 11.8 Å². The average molecular weight is 332 g/mol. The van der Waals surface area contributed by atoms with E-state index in [0.717, 1.165) is 11.5 Å². The molecule has 0 saturated heterocycles. The molecule has 3 heteroatoms. The van der Waals surface area contributed by atoms with Gasteiger partial charge in [0.15, 0.2) is 0 Å². The third kappa shape index (κ3) is 3.36. The lowest BCUT2D eigenvalue weighted by Gasteiger charge is -2.33. The van der Waals surface area contributed by atoms with Crippen molar-refractivity contribution >= 4 is 5.97 Å². The molecular formula is C21H29FO2. The van der Waals surface area contributed by atoms with Gasteiger partial charge in [0, 0.05) is 6.42 Å². The number of hydrogen-bond acceptors (Lipinski definition) is 2. The van der Waals surface area contributed by atoms with Crippen molar-refractivity contribution in [3.05, 3.63) is 34.6 Å². The molecule has 0 amide bonds. The van der Waals surface area contributed by atoms with Crippen LogP contribution in [0.15, 0.2) is 12.1 Å². The molecule has 0 N–H and O–H groups in total. The first-order valence-corrected chi connectivity index (χ1v) is 9.53. The van der Waals surface area contributed by atoms with Crippen molar-refractivity contribution in [2.45, 2.75) is 77.7 Å². The lowest BCUT2D eigenvalue weighted by Crippen LogP contribution is -2.27. The van der Waals surface area contributed by atoms with E-state index in [1.807, 2.05) is 19.1 Å². The maximum Gasteiger partial charge on any atom is 0.341 e. The summed E-state index contributed by atoms with van der Waals surface area (Å²) in [6.45, 7) is 6.22. The summed E-state index contributed by atoms with van der Waals surface area (Å²) in [7, 11) is 0. The van der Waals surface area contributed by atoms with E-state index in [1.165, 1.54) is 38.5 Å². The van der Waals surface area contributed by atoms with Crippen LogP contribution in [0.1, 0.15) is 86.7 Å². The molecule has 2 aliphatic rings. The lowest BCUT2D eigenvalue weighted by molar-refractivity contribution is 0.0293. The van der Waals surface area contributed by atoms with Crippen LogP contribution >= 0.6 is 0 Å². The number of halogens is 1. The summed E-state index contributed by atoms with van der Waals surface area (Å²) in [5, 5.41) is 0. The fraction of sp³-hybridized carbons (Fsp3) is 0.667. The second-order valence-electron chi connectivity index (χ2n) is 7.78. The number of rotatable bonds is 4. The summed E-state index contributed by atoms with van der Waals surface area (Å²) >= 11 is 0. The highest BCUT2D eigenvalue weighted by Gasteiger charge is 2.32. The topological polar surface area (TPSA) is 26.3 Å². The van der Waals surface area contributed by atoms with E-state index in [2.05, 4.69) is 13.8 Å². The normalized spacial score (nSPS) is 28.2. The molecule has 1 fully saturated rings. The highest BCUT2D eigenvalue weighted by molar-refractivity contribution is 5.92. The SMILES string of the molecule is CCCC1CCC(C(C)c2ccc3c(c2F)C(=O)OC(C)C3)CC1. The molecular weight excluding hydrogens is 303 g/mol. The van der Waals surface area contributed by atoms with Gasteiger partial charge in [-0.2, -0.15) is 0 Å². The summed E-state index contributed by atoms with van der Waals surface area (Å²) in [5.41, 5.74) is 1.66. The van der Waals surface area contributed by atoms with Crippen LogP contribution in [0.2, 0.25) is 0 Å². The van der Waals surface area contributed by atoms with Gasteiger partial charge in [-0.25, -0.2) is 9.18 Å². The quantitative estimate of drug-likeness (QED) is 0.667. The number of ether oxygens (including phenoxy) is 1. The van der Waals surface area contributed by atoms with Crippen molar-refractivity contribution < 1.29 is 13.9 Å². The zero-order chi connectivity index (χ0) is 17.3. The third-order valence-corrected chi connectivity index (χ3v) is 6.06. The predicted molar refractivity (Wildman–Crippen MR) is 93.8 cm³/mol. The van der Waals surface area contributed by atoms with Gasteiger partial charge in [-0.15, -0.1) is 0 Å². The summed E-state index contributed by atoms with van der Waals surface area (Å²) in [4.78, 5) is 12.1. The van der Waals surface area contributed by atoms with Crippen LogP contribution in [-0.4, -0.2) is 12.1 Å². The summed E-state index contributed by atoms with van der Waals surface area (Å²) < 4.78 is 20.3. The number of benzene rings is 1. The Balaban J connectivity index is 1.78. The second-order valence-corrected chi connectivity index (χ2v) is 7.78. The predicted octanol–water partition coefficient (Wildman–Crippen LogP) is 5.64. The first kappa shape index (κ1) is 17.4. The van der Waals surface area contributed by atoms with E-state index >= 15 is 4.39 Å². The van der Waals surface area contributed by atoms with Crippen molar-refractivity contribution in [1.29, 1.82) is 0 Å². The van der Waals surface area contributed by atoms with E-state index in [-0.39, 0.29) is 23.4 Å². The van der Waals surface area contributed by atoms with E-state index in [9.17, 15) is 4.79 Å². The molecule has 24 heavy (non-hydrogen) atoms. The fourth-order valence-corrected chi connectivity index (χ4v) is 4.61. The summed E-state index contributed by atoms with van der Waals surface area (Å²) in [6.07, 6.45) is 7.87. The van der Waals surface area contributed by atoms with E-state index in [4.69, 9.17) is 4.74 Å². The van der Waals surface area contributed by atoms with Gasteiger partial charge in [0.05, 0.1) is 5.56 Å². The molecule has 1 aliphatic carbocycles. The van der Waals surface area contributed by atoms with Crippen LogP contribution < -0.4 is 0 Å². The molecule has 2 atom stereocenters. The minimum Gasteiger partial charge on any atom is -0.459 e. The molecule has 132 valence electrons. The van der Waals surface area contributed by atoms with Gasteiger partial charge >= 0.3 is 5.97 Å². The highest BCUT2D eigenvalue weighted by atomic mass is 19.1. The molecule has 2 unspecified atom stereocenters. The summed E-state index contributed by atoms with van der Waals surface area (Å²) in [6, 6.07) is 3.84. The molecule has 3 rings (SSSR count). The Bertz CT molecular complexity index is 602. The smallest absolute Gasteiger partial charge is 0.341 e. The molecule has 2 nitrogen and oxygen atoms in total. The van der Waals surface area contributed by atoms with Gasteiger partial charge < -0.3 is 4.74 Å². The van der Waals surface area contributed by atoms with E-state index in [0.29, 0.717) is 17.9 Å². The second kappa shape index (κ2) is 7.25. The van der Waals surface area contributed by atoms with Gasteiger partial charge in [0.1, 0.15) is 11.9 Å². The number of fused-ring (bicyclic) bond motifs is 1. The van der Waals surface area contributed by atoms with E-state index < -0.39 is 5.97 Å². The van der Waals surface area contributed by atoms with Crippen LogP contribution in [0.4, 0.5) is 4.39 Å². The minimum absolute atomic E-state index is 0.157. The molecule has 1 saturated carbocycles. The van der Waals surface area contributed by atoms with Crippen LogP contribution in [0.3, 0.4) is 0 Å². The number of esters is 1. The molecule has 1 aromatic rings. The third-order valence-electron chi connectivity index (χ3n) is 6.06. The first-order valence-electron chi connectivity index (χ1n) is 9.53. The van der Waals surface area contributed by atoms with Gasteiger partial charge in [-0.05, 0) is 48.6 Å². The van der Waals surface area contributed by atoms with Crippen LogP contribution in [-0.2, 0) is 11.2 Å². The number of hydrogen-bond donors (Lipinski definition) is 0. The number of carbonyl (C=O) groups is 1. The van der Waals surface area contributed by atoms with Gasteiger partial charge in [-0.3, -0.25) is 0 Å². The fourth-order valence-electron chi connectivity index (χ4n) is 4.61. The van der Waals surface area contributed by atoms with Crippen molar-refractivity contribution in [3.63, 3.8) is 0 Å². The molecule has 1 aromatic carbocycles. The van der Waals surface area contributed by atoms with Gasteiger partial charge in [0.2, 0.25) is 0 Å². The molecule has 1 aliphatic heterocycles. The van der Waals surface area contributed by atoms with Crippen molar-refractivity contribution in [1.82, 2.24) is 0 Å². The van der Waals surface area contributed by atoms with Crippen molar-refractivity contribution in [3.8, 4) is 0 Å². The Hall–Kier alpha value is -1.38. The van der Waals surface area contributed by atoms with Crippen LogP contribution in [0.5, 0.6) is 0 Å². The maximum absolute atomic E-state index is 15.0. The Kier molecular flexibility index (Phi) is 5.27. The molecule has 0 bridgehead atoms. The van der Waals surface area contributed by atoms with Gasteiger partial charge in [0.25, 0.3) is 0 Å². The number of carbonyl (C=O) groups excluding carboxylic acids is 1. The first-order chi connectivity index (χ1) is 11.5. The van der Waals surface area contributed by atoms with Crippen LogP contribution in [0.25, 0.3) is 0 Å². The molecule has 0 spiro atoms. The molecule has 1 heterocycles. The summed E-state index contributed by atoms with van der Waals surface area (Å²) in [5.74, 6) is 0.687. The Labute approximate surface area is 144 Å². The Morgan fingerprint density at radius 2 is 1.96 bits per heavy atom. The largest absolute Gasteiger partial charge is 0.459 e. The van der Waals surface area contributed by atoms with E-state index in [1.54, 1.807) is 0 Å². The maximum atomic E-state index is 15.0. The monoisotopic (exact) mass is 332 g/mol. The standard InChI is InChI=1S/C21H29FO2/c1-4-5-15-6-8-16(9-7-15)14(3)18-11-10-17-12-13(2)24-21(23)19(17)20(18)22/h10-11,13-16H,4-9,12H2,1-3H3. The Morgan fingerprint density at radius 3 is 2.62 bits per heavy atom. The average Bonchev–Trinajstić information content (AvgIpc) is 2.55. The zero-order valence-electron chi connectivity index (χ0n) is 15.1. The Morgan fingerprint density at radius 1 is 1.25 bits per heavy atom. The van der Waals surface area contributed by atoms with Crippen molar-refractivity contribution in [2.75, 3.05) is 0 Å².